The van der Waals surface area contributed by atoms with E-state index in [1.165, 1.54) is 11.1 Å². The van der Waals surface area contributed by atoms with Crippen molar-refractivity contribution in [1.82, 2.24) is 38.9 Å². The second-order valence-electron chi connectivity index (χ2n) is 17.3. The van der Waals surface area contributed by atoms with E-state index >= 15 is 0 Å². The lowest BCUT2D eigenvalue weighted by Gasteiger charge is -2.28. The van der Waals surface area contributed by atoms with Crippen LogP contribution in [0, 0.1) is 0 Å². The maximum absolute atomic E-state index is 6.08. The Morgan fingerprint density at radius 1 is 0.661 bits per heavy atom. The van der Waals surface area contributed by atoms with E-state index in [0.717, 1.165) is 139 Å². The highest BCUT2D eigenvalue weighted by Crippen LogP contribution is 2.33. The summed E-state index contributed by atoms with van der Waals surface area (Å²) in [6, 6.07) is 22.4. The summed E-state index contributed by atoms with van der Waals surface area (Å²) >= 11 is 0. The molecule has 3 aliphatic rings. The Bertz CT molecular complexity index is 2690. The molecule has 14 nitrogen and oxygen atoms in total. The van der Waals surface area contributed by atoms with Gasteiger partial charge in [0.1, 0.15) is 24.1 Å². The number of aromatic nitrogens is 8. The van der Waals surface area contributed by atoms with E-state index in [2.05, 4.69) is 97.9 Å². The van der Waals surface area contributed by atoms with Gasteiger partial charge in [0.05, 0.1) is 68.2 Å². The molecule has 8 heterocycles. The Morgan fingerprint density at radius 2 is 1.26 bits per heavy atom. The van der Waals surface area contributed by atoms with Crippen LogP contribution in [0.25, 0.3) is 44.7 Å². The lowest BCUT2D eigenvalue weighted by Crippen LogP contribution is -2.36. The van der Waals surface area contributed by atoms with E-state index in [-0.39, 0.29) is 0 Å². The second-order valence-corrected chi connectivity index (χ2v) is 22.9. The smallest absolute Gasteiger partial charge is 0.140 e. The number of imidazole rings is 2. The number of pyridine rings is 2. The Morgan fingerprint density at radius 3 is 1.87 bits per heavy atom. The Kier molecular flexibility index (Phi) is 12.1. The van der Waals surface area contributed by atoms with Crippen molar-refractivity contribution in [2.75, 3.05) is 69.0 Å². The lowest BCUT2D eigenvalue weighted by molar-refractivity contribution is 0.0818. The Hall–Kier alpha value is -6.00. The van der Waals surface area contributed by atoms with E-state index in [1.54, 1.807) is 0 Å². The molecule has 2 saturated heterocycles. The molecule has 0 spiro atoms. The second kappa shape index (κ2) is 18.1. The standard InChI is InChI=1S/C26H34N6O2Si.C21H21N5O/c1-30-17-23(28-18-30)20-5-6-24-22(15-20)26(29-32(24)19-34-13-14-35(2,3)4)21-7-8-27-25(16-21)31-9-11-33-12-10-31;1-25-13-19(24-14-25)15-2-3-17-12-23-21(18(17)10-15)16-4-5-22-20(11-16)26-6-8-27-9-7-26/h5-8,15-18H,9-14,19H2,1-4H3;2-5,10-11,13-14H,6-9,12H2,1H3. The molecular weight excluding hydrogens is 795 g/mol. The molecule has 62 heavy (non-hydrogen) atoms. The molecule has 320 valence electrons. The first kappa shape index (κ1) is 41.4. The highest BCUT2D eigenvalue weighted by molar-refractivity contribution is 6.76. The minimum absolute atomic E-state index is 0.436. The highest BCUT2D eigenvalue weighted by atomic mass is 28.3. The summed E-state index contributed by atoms with van der Waals surface area (Å²) in [5.74, 6) is 1.95. The minimum Gasteiger partial charge on any atom is -0.378 e. The molecular formula is C47H55N11O3Si. The Labute approximate surface area is 363 Å². The summed E-state index contributed by atoms with van der Waals surface area (Å²) < 4.78 is 23.0. The molecule has 0 amide bonds. The number of aliphatic imine (C=N–C) groups is 1. The summed E-state index contributed by atoms with van der Waals surface area (Å²) in [4.78, 5) is 27.6. The summed E-state index contributed by atoms with van der Waals surface area (Å²) in [5.41, 5.74) is 11.8. The predicted molar refractivity (Wildman–Crippen MR) is 248 cm³/mol. The van der Waals surface area contributed by atoms with Crippen LogP contribution in [0.2, 0.25) is 25.7 Å². The quantitative estimate of drug-likeness (QED) is 0.0967. The average molecular weight is 850 g/mol. The van der Waals surface area contributed by atoms with Crippen LogP contribution >= 0.6 is 0 Å². The van der Waals surface area contributed by atoms with E-state index in [9.17, 15) is 0 Å². The molecule has 0 atom stereocenters. The number of anilines is 2. The van der Waals surface area contributed by atoms with Crippen LogP contribution in [0.5, 0.6) is 0 Å². The van der Waals surface area contributed by atoms with Crippen molar-refractivity contribution >= 4 is 36.3 Å². The van der Waals surface area contributed by atoms with Gasteiger partial charge in [-0.15, -0.1) is 0 Å². The van der Waals surface area contributed by atoms with Gasteiger partial charge in [0.15, 0.2) is 0 Å². The number of aryl methyl sites for hydroxylation is 2. The topological polar surface area (TPSA) is 126 Å². The van der Waals surface area contributed by atoms with E-state index in [0.29, 0.717) is 6.73 Å². The largest absolute Gasteiger partial charge is 0.378 e. The molecule has 2 fully saturated rings. The van der Waals surface area contributed by atoms with Crippen molar-refractivity contribution in [3.05, 3.63) is 115 Å². The van der Waals surface area contributed by atoms with Crippen LogP contribution in [0.3, 0.4) is 0 Å². The van der Waals surface area contributed by atoms with Gasteiger partial charge >= 0.3 is 0 Å². The normalized spacial score (nSPS) is 15.4. The average Bonchev–Trinajstić information content (AvgIpc) is 4.12. The van der Waals surface area contributed by atoms with Gasteiger partial charge < -0.3 is 33.1 Å². The summed E-state index contributed by atoms with van der Waals surface area (Å²) in [6.07, 6.45) is 11.5. The number of rotatable bonds is 11. The summed E-state index contributed by atoms with van der Waals surface area (Å²) in [7, 11) is 2.83. The van der Waals surface area contributed by atoms with Gasteiger partial charge in [0, 0.05) is 113 Å². The lowest BCUT2D eigenvalue weighted by atomic mass is 9.97. The molecule has 3 aliphatic heterocycles. The van der Waals surface area contributed by atoms with Gasteiger partial charge in [-0.05, 0) is 54.1 Å². The third-order valence-electron chi connectivity index (χ3n) is 11.4. The number of nitrogens with zero attached hydrogens (tertiary/aromatic N) is 11. The van der Waals surface area contributed by atoms with Crippen LogP contribution in [-0.2, 0) is 41.6 Å². The van der Waals surface area contributed by atoms with E-state index in [1.807, 2.05) is 77.5 Å². The van der Waals surface area contributed by atoms with Gasteiger partial charge in [0.2, 0.25) is 0 Å². The Balaban J connectivity index is 0.000000163. The minimum atomic E-state index is -1.15. The summed E-state index contributed by atoms with van der Waals surface area (Å²) in [5, 5.41) is 6.11. The van der Waals surface area contributed by atoms with Gasteiger partial charge in [-0.25, -0.2) is 24.6 Å². The maximum Gasteiger partial charge on any atom is 0.140 e. The number of morpholine rings is 2. The van der Waals surface area contributed by atoms with Crippen LogP contribution in [0.4, 0.5) is 11.6 Å². The van der Waals surface area contributed by atoms with Crippen molar-refractivity contribution in [3.63, 3.8) is 0 Å². The zero-order chi connectivity index (χ0) is 42.6. The number of hydrogen-bond donors (Lipinski definition) is 0. The van der Waals surface area contributed by atoms with Crippen LogP contribution in [-0.4, -0.2) is 112 Å². The molecule has 0 radical (unpaired) electrons. The number of fused-ring (bicyclic) bond motifs is 2. The molecule has 0 aliphatic carbocycles. The molecule has 0 bridgehead atoms. The molecule has 2 aromatic carbocycles. The fourth-order valence-corrected chi connectivity index (χ4v) is 8.71. The van der Waals surface area contributed by atoms with Crippen LogP contribution in [0.1, 0.15) is 16.7 Å². The van der Waals surface area contributed by atoms with E-state index < -0.39 is 8.07 Å². The number of ether oxygens (including phenoxy) is 3. The molecule has 0 unspecified atom stereocenters. The predicted octanol–water partition coefficient (Wildman–Crippen LogP) is 7.32. The first-order valence-electron chi connectivity index (χ1n) is 21.5. The molecule has 5 aromatic heterocycles. The van der Waals surface area contributed by atoms with Crippen molar-refractivity contribution in [2.24, 2.45) is 19.1 Å². The molecule has 7 aromatic rings. The van der Waals surface area contributed by atoms with Crippen molar-refractivity contribution < 1.29 is 14.2 Å². The third-order valence-corrected chi connectivity index (χ3v) is 13.1. The van der Waals surface area contributed by atoms with Crippen molar-refractivity contribution in [2.45, 2.75) is 39.0 Å². The van der Waals surface area contributed by atoms with Gasteiger partial charge in [-0.2, -0.15) is 5.10 Å². The fraction of sp³-hybridized carbons (Fsp3) is 0.362. The molecule has 0 N–H and O–H groups in total. The first-order chi connectivity index (χ1) is 30.1. The highest BCUT2D eigenvalue weighted by Gasteiger charge is 2.22. The van der Waals surface area contributed by atoms with E-state index in [4.69, 9.17) is 24.3 Å². The molecule has 15 heteroatoms. The summed E-state index contributed by atoms with van der Waals surface area (Å²) in [6.45, 7) is 15.4. The first-order valence-corrected chi connectivity index (χ1v) is 25.2. The monoisotopic (exact) mass is 849 g/mol. The number of hydrogen-bond acceptors (Lipinski definition) is 11. The van der Waals surface area contributed by atoms with Crippen LogP contribution < -0.4 is 9.80 Å². The molecule has 10 rings (SSSR count). The maximum atomic E-state index is 6.08. The zero-order valence-electron chi connectivity index (χ0n) is 36.4. The molecule has 0 saturated carbocycles. The zero-order valence-corrected chi connectivity index (χ0v) is 37.4. The fourth-order valence-electron chi connectivity index (χ4n) is 7.96. The van der Waals surface area contributed by atoms with Crippen LogP contribution in [0.15, 0.2) is 103 Å². The van der Waals surface area contributed by atoms with Crippen molar-refractivity contribution in [3.8, 4) is 33.8 Å². The van der Waals surface area contributed by atoms with Gasteiger partial charge in [-0.3, -0.25) is 4.99 Å². The SMILES string of the molecule is Cn1cnc(-c2ccc3c(c2)C(c2ccnc(N4CCOCC4)c2)=NC3)c1.Cn1cnc(-c2ccc3c(c2)c(-c2ccnc(N4CCOCC4)c2)nn3COCC[Si](C)(C)C)c1. The third kappa shape index (κ3) is 9.40. The van der Waals surface area contributed by atoms with Gasteiger partial charge in [-0.1, -0.05) is 37.8 Å². The van der Waals surface area contributed by atoms with Gasteiger partial charge in [0.25, 0.3) is 0 Å². The number of benzene rings is 2. The van der Waals surface area contributed by atoms with Crippen molar-refractivity contribution in [1.29, 1.82) is 0 Å².